The molecule has 8 nitrogen and oxygen atoms in total. The second-order valence-corrected chi connectivity index (χ2v) is 9.00. The number of nitrogens with zero attached hydrogens (tertiary/aromatic N) is 3. The molecule has 1 aromatic heterocycles. The van der Waals surface area contributed by atoms with Gasteiger partial charge in [-0.2, -0.15) is 0 Å². The van der Waals surface area contributed by atoms with Crippen LogP contribution in [-0.2, 0) is 16.4 Å². The van der Waals surface area contributed by atoms with E-state index in [1.807, 2.05) is 18.4 Å². The van der Waals surface area contributed by atoms with E-state index in [1.54, 1.807) is 6.33 Å². The van der Waals surface area contributed by atoms with E-state index in [-0.39, 0.29) is 16.8 Å². The predicted molar refractivity (Wildman–Crippen MR) is 115 cm³/mol. The van der Waals surface area contributed by atoms with Crippen LogP contribution in [0.1, 0.15) is 41.6 Å². The summed E-state index contributed by atoms with van der Waals surface area (Å²) in [4.78, 5) is 12.3. The van der Waals surface area contributed by atoms with Gasteiger partial charge >= 0.3 is 0 Å². The van der Waals surface area contributed by atoms with Crippen LogP contribution in [0, 0.1) is 12.7 Å². The summed E-state index contributed by atoms with van der Waals surface area (Å²) in [7, 11) is -3.88. The van der Waals surface area contributed by atoms with Gasteiger partial charge in [-0.15, -0.1) is 10.2 Å². The van der Waals surface area contributed by atoms with Crippen molar-refractivity contribution in [3.63, 3.8) is 0 Å². The lowest BCUT2D eigenvalue weighted by molar-refractivity contribution is 0.0954. The van der Waals surface area contributed by atoms with E-state index < -0.39 is 15.8 Å². The van der Waals surface area contributed by atoms with E-state index in [4.69, 9.17) is 0 Å². The SMILES string of the molecule is Cc1cc(F)ccc1S(=O)(=O)Nc1ccc(C(=O)NCCc2nncn2C(C)C)cc1. The number of hydrogen-bond acceptors (Lipinski definition) is 5. The smallest absolute Gasteiger partial charge is 0.262 e. The van der Waals surface area contributed by atoms with Crippen LogP contribution in [0.3, 0.4) is 0 Å². The molecule has 0 atom stereocenters. The van der Waals surface area contributed by atoms with Gasteiger partial charge in [0.25, 0.3) is 15.9 Å². The molecule has 3 rings (SSSR count). The number of carbonyl (C=O) groups excluding carboxylic acids is 1. The Hall–Kier alpha value is -3.27. The summed E-state index contributed by atoms with van der Waals surface area (Å²) in [6.45, 7) is 5.97. The molecule has 0 saturated heterocycles. The van der Waals surface area contributed by atoms with E-state index in [0.29, 0.717) is 29.8 Å². The zero-order valence-electron chi connectivity index (χ0n) is 17.5. The Kier molecular flexibility index (Phi) is 6.69. The maximum Gasteiger partial charge on any atom is 0.262 e. The molecular weight excluding hydrogens is 421 g/mol. The van der Waals surface area contributed by atoms with Crippen LogP contribution in [0.2, 0.25) is 0 Å². The van der Waals surface area contributed by atoms with Gasteiger partial charge in [-0.1, -0.05) is 0 Å². The van der Waals surface area contributed by atoms with Crippen molar-refractivity contribution in [3.05, 3.63) is 71.6 Å². The van der Waals surface area contributed by atoms with Crippen LogP contribution in [0.15, 0.2) is 53.7 Å². The minimum Gasteiger partial charge on any atom is -0.352 e. The molecule has 1 amide bonds. The lowest BCUT2D eigenvalue weighted by atomic mass is 10.2. The number of aromatic nitrogens is 3. The molecule has 0 unspecified atom stereocenters. The van der Waals surface area contributed by atoms with Crippen molar-refractivity contribution in [2.75, 3.05) is 11.3 Å². The lowest BCUT2D eigenvalue weighted by Crippen LogP contribution is -2.26. The average molecular weight is 446 g/mol. The number of halogens is 1. The normalized spacial score (nSPS) is 11.5. The maximum atomic E-state index is 13.2. The van der Waals surface area contributed by atoms with Gasteiger partial charge < -0.3 is 9.88 Å². The summed E-state index contributed by atoms with van der Waals surface area (Å²) in [6.07, 6.45) is 2.20. The standard InChI is InChI=1S/C21H24FN5O3S/c1-14(2)27-13-24-25-20(27)10-11-23-21(28)16-4-7-18(8-5-16)26-31(29,30)19-9-6-17(22)12-15(19)3/h4-9,12-14,26H,10-11H2,1-3H3,(H,23,28). The Morgan fingerprint density at radius 1 is 1.16 bits per heavy atom. The number of rotatable bonds is 8. The van der Waals surface area contributed by atoms with Crippen LogP contribution < -0.4 is 10.0 Å². The highest BCUT2D eigenvalue weighted by Gasteiger charge is 2.17. The molecule has 0 bridgehead atoms. The molecule has 3 aromatic rings. The third kappa shape index (κ3) is 5.46. The van der Waals surface area contributed by atoms with Gasteiger partial charge in [0, 0.05) is 30.3 Å². The maximum absolute atomic E-state index is 13.2. The topological polar surface area (TPSA) is 106 Å². The van der Waals surface area contributed by atoms with Crippen LogP contribution in [0.25, 0.3) is 0 Å². The second-order valence-electron chi connectivity index (χ2n) is 7.35. The third-order valence-electron chi connectivity index (χ3n) is 4.66. The molecular formula is C21H24FN5O3S. The lowest BCUT2D eigenvalue weighted by Gasteiger charge is -2.12. The monoisotopic (exact) mass is 445 g/mol. The highest BCUT2D eigenvalue weighted by atomic mass is 32.2. The quantitative estimate of drug-likeness (QED) is 0.554. The van der Waals surface area contributed by atoms with Gasteiger partial charge in [-0.05, 0) is 68.8 Å². The molecule has 0 spiro atoms. The average Bonchev–Trinajstić information content (AvgIpc) is 3.16. The Bertz CT molecular complexity index is 1170. The molecule has 31 heavy (non-hydrogen) atoms. The molecule has 0 saturated carbocycles. The first-order chi connectivity index (χ1) is 14.7. The minimum absolute atomic E-state index is 0.00929. The Balaban J connectivity index is 1.60. The van der Waals surface area contributed by atoms with Crippen molar-refractivity contribution >= 4 is 21.6 Å². The number of aryl methyl sites for hydroxylation is 1. The Morgan fingerprint density at radius 2 is 1.87 bits per heavy atom. The summed E-state index contributed by atoms with van der Waals surface area (Å²) < 4.78 is 42.7. The minimum atomic E-state index is -3.88. The fraction of sp³-hybridized carbons (Fsp3) is 0.286. The first-order valence-corrected chi connectivity index (χ1v) is 11.2. The van der Waals surface area contributed by atoms with Crippen molar-refractivity contribution in [1.29, 1.82) is 0 Å². The van der Waals surface area contributed by atoms with Gasteiger partial charge in [0.1, 0.15) is 18.0 Å². The number of anilines is 1. The zero-order valence-corrected chi connectivity index (χ0v) is 18.3. The Morgan fingerprint density at radius 3 is 2.52 bits per heavy atom. The molecule has 0 radical (unpaired) electrons. The fourth-order valence-corrected chi connectivity index (χ4v) is 4.37. The predicted octanol–water partition coefficient (Wildman–Crippen LogP) is 3.08. The van der Waals surface area contributed by atoms with Crippen molar-refractivity contribution in [2.45, 2.75) is 38.1 Å². The third-order valence-corrected chi connectivity index (χ3v) is 6.21. The fourth-order valence-electron chi connectivity index (χ4n) is 3.08. The van der Waals surface area contributed by atoms with E-state index in [9.17, 15) is 17.6 Å². The molecule has 10 heteroatoms. The van der Waals surface area contributed by atoms with E-state index >= 15 is 0 Å². The van der Waals surface area contributed by atoms with Gasteiger partial charge in [0.2, 0.25) is 0 Å². The van der Waals surface area contributed by atoms with Crippen LogP contribution in [0.4, 0.5) is 10.1 Å². The molecule has 164 valence electrons. The van der Waals surface area contributed by atoms with E-state index in [0.717, 1.165) is 18.0 Å². The van der Waals surface area contributed by atoms with E-state index in [1.165, 1.54) is 37.3 Å². The first kappa shape index (κ1) is 22.4. The number of hydrogen-bond donors (Lipinski definition) is 2. The van der Waals surface area contributed by atoms with Crippen molar-refractivity contribution < 1.29 is 17.6 Å². The second kappa shape index (κ2) is 9.25. The number of sulfonamides is 1. The van der Waals surface area contributed by atoms with Crippen molar-refractivity contribution in [3.8, 4) is 0 Å². The number of benzene rings is 2. The summed E-state index contributed by atoms with van der Waals surface area (Å²) in [5.41, 5.74) is 0.994. The molecule has 0 aliphatic rings. The molecule has 2 N–H and O–H groups in total. The van der Waals surface area contributed by atoms with E-state index in [2.05, 4.69) is 20.2 Å². The molecule has 0 aliphatic carbocycles. The summed E-state index contributed by atoms with van der Waals surface area (Å²) in [5, 5.41) is 10.8. The van der Waals surface area contributed by atoms with Gasteiger partial charge in [-0.25, -0.2) is 12.8 Å². The highest BCUT2D eigenvalue weighted by Crippen LogP contribution is 2.20. The molecule has 1 heterocycles. The van der Waals surface area contributed by atoms with Crippen molar-refractivity contribution in [2.24, 2.45) is 0 Å². The zero-order chi connectivity index (χ0) is 22.6. The number of nitrogens with one attached hydrogen (secondary N) is 2. The molecule has 2 aromatic carbocycles. The van der Waals surface area contributed by atoms with Crippen LogP contribution in [0.5, 0.6) is 0 Å². The van der Waals surface area contributed by atoms with Crippen molar-refractivity contribution in [1.82, 2.24) is 20.1 Å². The van der Waals surface area contributed by atoms with Gasteiger partial charge in [-0.3, -0.25) is 9.52 Å². The number of amides is 1. The largest absolute Gasteiger partial charge is 0.352 e. The van der Waals surface area contributed by atoms with Crippen LogP contribution >= 0.6 is 0 Å². The molecule has 0 fully saturated rings. The first-order valence-electron chi connectivity index (χ1n) is 9.73. The summed E-state index contributed by atoms with van der Waals surface area (Å²) in [6, 6.07) is 9.76. The summed E-state index contributed by atoms with van der Waals surface area (Å²) in [5.74, 6) is 0.00629. The Labute approximate surface area is 180 Å². The van der Waals surface area contributed by atoms with Crippen LogP contribution in [-0.4, -0.2) is 35.6 Å². The highest BCUT2D eigenvalue weighted by molar-refractivity contribution is 7.92. The van der Waals surface area contributed by atoms with Gasteiger partial charge in [0.05, 0.1) is 4.90 Å². The van der Waals surface area contributed by atoms with Gasteiger partial charge in [0.15, 0.2) is 0 Å². The summed E-state index contributed by atoms with van der Waals surface area (Å²) >= 11 is 0. The number of carbonyl (C=O) groups is 1. The molecule has 0 aliphatic heterocycles.